The maximum absolute atomic E-state index is 13.0. The number of hydrogen-bond donors (Lipinski definition) is 2. The molecule has 0 aliphatic rings. The van der Waals surface area contributed by atoms with Gasteiger partial charge in [0.2, 0.25) is 0 Å². The number of allylic oxidation sites excluding steroid dienone is 1. The Bertz CT molecular complexity index is 1390. The van der Waals surface area contributed by atoms with Gasteiger partial charge in [-0.05, 0) is 43.0 Å². The van der Waals surface area contributed by atoms with Crippen molar-refractivity contribution in [3.63, 3.8) is 0 Å². The molecule has 0 spiro atoms. The molecule has 0 fully saturated rings. The normalized spacial score (nSPS) is 12.4. The van der Waals surface area contributed by atoms with Crippen LogP contribution in [0, 0.1) is 6.92 Å². The fraction of sp³-hybridized carbons (Fsp3) is 0.240. The van der Waals surface area contributed by atoms with Crippen LogP contribution in [0.2, 0.25) is 0 Å². The molecule has 31 heavy (non-hydrogen) atoms. The van der Waals surface area contributed by atoms with Crippen LogP contribution in [0.3, 0.4) is 0 Å². The van der Waals surface area contributed by atoms with Crippen molar-refractivity contribution in [2.24, 2.45) is 5.10 Å². The van der Waals surface area contributed by atoms with Gasteiger partial charge in [0.1, 0.15) is 5.52 Å². The average Bonchev–Trinajstić information content (AvgIpc) is 3.12. The number of aromatic amines is 2. The van der Waals surface area contributed by atoms with E-state index in [2.05, 4.69) is 22.0 Å². The first-order chi connectivity index (χ1) is 15.1. The SMILES string of the molecule is CCCCCC(C=Nn1c(=O)[nH]c2c([nH]c3ccc(C)cc32)c1=O)=Cc1ccccc1. The molecule has 0 atom stereocenters. The lowest BCUT2D eigenvalue weighted by Gasteiger charge is -2.03. The fourth-order valence-electron chi connectivity index (χ4n) is 3.71. The van der Waals surface area contributed by atoms with Crippen molar-refractivity contribution in [2.45, 2.75) is 39.5 Å². The van der Waals surface area contributed by atoms with Gasteiger partial charge >= 0.3 is 11.2 Å². The van der Waals surface area contributed by atoms with Crippen molar-refractivity contribution in [3.8, 4) is 0 Å². The Morgan fingerprint density at radius 3 is 2.61 bits per heavy atom. The largest absolute Gasteiger partial charge is 0.350 e. The molecule has 2 N–H and O–H groups in total. The van der Waals surface area contributed by atoms with Gasteiger partial charge in [0.05, 0.1) is 11.7 Å². The summed E-state index contributed by atoms with van der Waals surface area (Å²) < 4.78 is 0.892. The molecule has 158 valence electrons. The van der Waals surface area contributed by atoms with E-state index >= 15 is 0 Å². The molecule has 6 heteroatoms. The predicted molar refractivity (Wildman–Crippen MR) is 128 cm³/mol. The summed E-state index contributed by atoms with van der Waals surface area (Å²) in [5.41, 5.74) is 3.74. The van der Waals surface area contributed by atoms with E-state index in [9.17, 15) is 9.59 Å². The molecule has 2 heterocycles. The molecule has 0 aliphatic carbocycles. The Kier molecular flexibility index (Phi) is 5.98. The quantitative estimate of drug-likeness (QED) is 0.330. The first kappa shape index (κ1) is 20.6. The minimum absolute atomic E-state index is 0.344. The van der Waals surface area contributed by atoms with Crippen LogP contribution in [0.5, 0.6) is 0 Å². The Morgan fingerprint density at radius 2 is 1.84 bits per heavy atom. The molecule has 0 saturated carbocycles. The molecule has 0 amide bonds. The number of fused-ring (bicyclic) bond motifs is 3. The van der Waals surface area contributed by atoms with E-state index in [4.69, 9.17) is 0 Å². The summed E-state index contributed by atoms with van der Waals surface area (Å²) in [5, 5.41) is 5.09. The molecule has 0 aliphatic heterocycles. The Hall–Kier alpha value is -3.67. The van der Waals surface area contributed by atoms with Crippen molar-refractivity contribution in [1.29, 1.82) is 0 Å². The minimum atomic E-state index is -0.552. The molecule has 4 aromatic rings. The number of unbranched alkanes of at least 4 members (excludes halogenated alkanes) is 2. The van der Waals surface area contributed by atoms with Crippen LogP contribution in [0.15, 0.2) is 68.8 Å². The number of nitrogens with one attached hydrogen (secondary N) is 2. The van der Waals surface area contributed by atoms with Crippen LogP contribution in [-0.2, 0) is 0 Å². The highest BCUT2D eigenvalue weighted by Gasteiger charge is 2.12. The number of rotatable bonds is 7. The van der Waals surface area contributed by atoms with Gasteiger partial charge in [-0.25, -0.2) is 4.79 Å². The summed E-state index contributed by atoms with van der Waals surface area (Å²) in [6.45, 7) is 4.13. The van der Waals surface area contributed by atoms with Gasteiger partial charge in [-0.1, -0.05) is 67.8 Å². The number of hydrogen-bond acceptors (Lipinski definition) is 3. The minimum Gasteiger partial charge on any atom is -0.349 e. The fourth-order valence-corrected chi connectivity index (χ4v) is 3.71. The molecule has 4 rings (SSSR count). The molecule has 0 unspecified atom stereocenters. The maximum Gasteiger partial charge on any atom is 0.350 e. The van der Waals surface area contributed by atoms with Gasteiger partial charge in [-0.15, -0.1) is 4.68 Å². The Labute approximate surface area is 179 Å². The molecular weight excluding hydrogens is 388 g/mol. The molecule has 2 aromatic heterocycles. The van der Waals surface area contributed by atoms with Crippen molar-refractivity contribution in [1.82, 2.24) is 14.6 Å². The number of H-pyrrole nitrogens is 2. The Balaban J connectivity index is 1.76. The van der Waals surface area contributed by atoms with Crippen molar-refractivity contribution in [3.05, 3.63) is 86.1 Å². The van der Waals surface area contributed by atoms with Crippen molar-refractivity contribution < 1.29 is 0 Å². The van der Waals surface area contributed by atoms with Crippen LogP contribution in [0.25, 0.3) is 28.0 Å². The van der Waals surface area contributed by atoms with E-state index < -0.39 is 11.2 Å². The zero-order valence-corrected chi connectivity index (χ0v) is 17.8. The topological polar surface area (TPSA) is 83.0 Å². The van der Waals surface area contributed by atoms with Gasteiger partial charge in [0.15, 0.2) is 0 Å². The molecule has 2 aromatic carbocycles. The standard InChI is InChI=1S/C25H26N4O2/c1-3-4-6-11-19(15-18-9-7-5-8-10-18)16-26-29-24(30)23-22(28-25(29)31)20-14-17(2)12-13-21(20)27-23/h5,7-10,12-16,27H,3-4,6,11H2,1-2H3,(H,28,31). The Morgan fingerprint density at radius 1 is 1.03 bits per heavy atom. The second kappa shape index (κ2) is 9.00. The van der Waals surface area contributed by atoms with Crippen LogP contribution in [0.4, 0.5) is 0 Å². The third-order valence-corrected chi connectivity index (χ3v) is 5.34. The second-order valence-corrected chi connectivity index (χ2v) is 7.80. The molecule has 6 nitrogen and oxygen atoms in total. The van der Waals surface area contributed by atoms with E-state index in [1.807, 2.05) is 61.5 Å². The molecular formula is C25H26N4O2. The summed E-state index contributed by atoms with van der Waals surface area (Å²) >= 11 is 0. The zero-order valence-electron chi connectivity index (χ0n) is 17.8. The van der Waals surface area contributed by atoms with Gasteiger partial charge in [0.25, 0.3) is 0 Å². The van der Waals surface area contributed by atoms with Gasteiger partial charge in [0, 0.05) is 10.9 Å². The maximum atomic E-state index is 13.0. The highest BCUT2D eigenvalue weighted by atomic mass is 16.2. The van der Waals surface area contributed by atoms with Crippen molar-refractivity contribution >= 4 is 34.2 Å². The van der Waals surface area contributed by atoms with Gasteiger partial charge in [-0.3, -0.25) is 4.79 Å². The lowest BCUT2D eigenvalue weighted by Crippen LogP contribution is -2.32. The van der Waals surface area contributed by atoms with Crippen molar-refractivity contribution in [2.75, 3.05) is 0 Å². The first-order valence-electron chi connectivity index (χ1n) is 10.6. The van der Waals surface area contributed by atoms with E-state index in [1.54, 1.807) is 6.21 Å². The number of aromatic nitrogens is 3. The highest BCUT2D eigenvalue weighted by Crippen LogP contribution is 2.21. The smallest absolute Gasteiger partial charge is 0.349 e. The summed E-state index contributed by atoms with van der Waals surface area (Å²) in [6.07, 6.45) is 7.74. The number of aryl methyl sites for hydroxylation is 1. The molecule has 0 saturated heterocycles. The zero-order chi connectivity index (χ0) is 21.8. The lowest BCUT2D eigenvalue weighted by molar-refractivity contribution is 0.722. The van der Waals surface area contributed by atoms with E-state index in [0.717, 1.165) is 58.0 Å². The monoisotopic (exact) mass is 414 g/mol. The second-order valence-electron chi connectivity index (χ2n) is 7.80. The molecule has 0 bridgehead atoms. The van der Waals surface area contributed by atoms with Crippen LogP contribution in [0.1, 0.15) is 43.7 Å². The number of benzene rings is 2. The summed E-state index contributed by atoms with van der Waals surface area (Å²) in [5.74, 6) is 0. The van der Waals surface area contributed by atoms with Crippen LogP contribution < -0.4 is 11.2 Å². The lowest BCUT2D eigenvalue weighted by atomic mass is 10.1. The predicted octanol–water partition coefficient (Wildman–Crippen LogP) is 4.98. The van der Waals surface area contributed by atoms with Crippen LogP contribution >= 0.6 is 0 Å². The third kappa shape index (κ3) is 4.43. The highest BCUT2D eigenvalue weighted by molar-refractivity contribution is 6.04. The summed E-state index contributed by atoms with van der Waals surface area (Å²) in [4.78, 5) is 31.6. The van der Waals surface area contributed by atoms with Gasteiger partial charge < -0.3 is 9.97 Å². The van der Waals surface area contributed by atoms with Crippen LogP contribution in [-0.4, -0.2) is 20.9 Å². The third-order valence-electron chi connectivity index (χ3n) is 5.34. The first-order valence-corrected chi connectivity index (χ1v) is 10.6. The average molecular weight is 415 g/mol. The van der Waals surface area contributed by atoms with Gasteiger partial charge in [-0.2, -0.15) is 5.10 Å². The number of nitrogens with zero attached hydrogens (tertiary/aromatic N) is 2. The van der Waals surface area contributed by atoms with E-state index in [1.165, 1.54) is 0 Å². The molecule has 0 radical (unpaired) electrons. The summed E-state index contributed by atoms with van der Waals surface area (Å²) in [7, 11) is 0. The van der Waals surface area contributed by atoms with E-state index in [0.29, 0.717) is 11.0 Å². The van der Waals surface area contributed by atoms with E-state index in [-0.39, 0.29) is 0 Å². The summed E-state index contributed by atoms with van der Waals surface area (Å²) in [6, 6.07) is 15.8.